The minimum Gasteiger partial charge on any atom is -0.507 e. The quantitative estimate of drug-likeness (QED) is 0.673. The standard InChI is InChI=1S/C8H7ClO2.C7H6O2/c9-4-6-1-2-8(11)7(3-6)5-10;8-5-6-3-1-2-4-7(6)9/h1-3,5,11H,4H2;1-5,9H. The lowest BCUT2D eigenvalue weighted by Crippen LogP contribution is -1.84. The Hall–Kier alpha value is -2.33. The lowest BCUT2D eigenvalue weighted by molar-refractivity contribution is 0.111. The van der Waals surface area contributed by atoms with Crippen LogP contribution in [0.1, 0.15) is 26.3 Å². The molecule has 0 atom stereocenters. The van der Waals surface area contributed by atoms with Gasteiger partial charge in [0.15, 0.2) is 12.6 Å². The van der Waals surface area contributed by atoms with Gasteiger partial charge in [0, 0.05) is 5.88 Å². The summed E-state index contributed by atoms with van der Waals surface area (Å²) in [7, 11) is 0. The third-order valence-corrected chi connectivity index (χ3v) is 2.75. The highest BCUT2D eigenvalue weighted by molar-refractivity contribution is 6.17. The molecule has 0 spiro atoms. The Kier molecular flexibility index (Phi) is 6.26. The molecule has 0 saturated heterocycles. The fourth-order valence-electron chi connectivity index (χ4n) is 1.37. The number of phenols is 2. The number of benzene rings is 2. The molecule has 0 heterocycles. The van der Waals surface area contributed by atoms with Crippen LogP contribution in [0.4, 0.5) is 0 Å². The number of halogens is 1. The maximum absolute atomic E-state index is 10.3. The van der Waals surface area contributed by atoms with E-state index in [0.717, 1.165) is 5.56 Å². The smallest absolute Gasteiger partial charge is 0.153 e. The Bertz CT molecular complexity index is 596. The van der Waals surface area contributed by atoms with E-state index in [2.05, 4.69) is 0 Å². The van der Waals surface area contributed by atoms with Crippen molar-refractivity contribution in [1.82, 2.24) is 0 Å². The van der Waals surface area contributed by atoms with Crippen LogP contribution < -0.4 is 0 Å². The van der Waals surface area contributed by atoms with Crippen molar-refractivity contribution in [3.05, 3.63) is 59.2 Å². The third kappa shape index (κ3) is 4.40. The second-order valence-corrected chi connectivity index (χ2v) is 4.09. The Morgan fingerprint density at radius 3 is 2.00 bits per heavy atom. The first-order chi connectivity index (χ1) is 9.62. The first-order valence-electron chi connectivity index (χ1n) is 5.68. The van der Waals surface area contributed by atoms with Crippen molar-refractivity contribution >= 4 is 24.2 Å². The summed E-state index contributed by atoms with van der Waals surface area (Å²) in [6.45, 7) is 0. The fraction of sp³-hybridized carbons (Fsp3) is 0.0667. The van der Waals surface area contributed by atoms with E-state index in [-0.39, 0.29) is 17.1 Å². The van der Waals surface area contributed by atoms with Crippen molar-refractivity contribution in [2.24, 2.45) is 0 Å². The van der Waals surface area contributed by atoms with Crippen LogP contribution >= 0.6 is 11.6 Å². The normalized spacial score (nSPS) is 9.25. The number of aromatic hydroxyl groups is 2. The summed E-state index contributed by atoms with van der Waals surface area (Å²) in [4.78, 5) is 20.4. The highest BCUT2D eigenvalue weighted by atomic mass is 35.5. The molecule has 0 aliphatic heterocycles. The van der Waals surface area contributed by atoms with Gasteiger partial charge in [0.1, 0.15) is 11.5 Å². The molecule has 0 amide bonds. The van der Waals surface area contributed by atoms with Crippen LogP contribution in [0.2, 0.25) is 0 Å². The van der Waals surface area contributed by atoms with Crippen molar-refractivity contribution in [3.8, 4) is 11.5 Å². The molecular formula is C15H13ClO4. The number of hydrogen-bond donors (Lipinski definition) is 2. The molecule has 20 heavy (non-hydrogen) atoms. The van der Waals surface area contributed by atoms with Gasteiger partial charge in [-0.05, 0) is 29.8 Å². The van der Waals surface area contributed by atoms with Gasteiger partial charge >= 0.3 is 0 Å². The summed E-state index contributed by atoms with van der Waals surface area (Å²) in [5.41, 5.74) is 1.44. The SMILES string of the molecule is O=Cc1cc(CCl)ccc1O.O=Cc1ccccc1O. The van der Waals surface area contributed by atoms with Gasteiger partial charge in [-0.3, -0.25) is 9.59 Å². The van der Waals surface area contributed by atoms with E-state index in [4.69, 9.17) is 21.8 Å². The van der Waals surface area contributed by atoms with Crippen LogP contribution in [0.3, 0.4) is 0 Å². The van der Waals surface area contributed by atoms with Gasteiger partial charge < -0.3 is 10.2 Å². The van der Waals surface area contributed by atoms with E-state index >= 15 is 0 Å². The molecule has 0 fully saturated rings. The van der Waals surface area contributed by atoms with E-state index in [9.17, 15) is 9.59 Å². The summed E-state index contributed by atoms with van der Waals surface area (Å²) in [5, 5.41) is 17.9. The molecule has 2 aromatic carbocycles. The number of rotatable bonds is 3. The average molecular weight is 293 g/mol. The van der Waals surface area contributed by atoms with E-state index in [0.29, 0.717) is 24.0 Å². The van der Waals surface area contributed by atoms with Crippen molar-refractivity contribution in [1.29, 1.82) is 0 Å². The van der Waals surface area contributed by atoms with Crippen LogP contribution in [0.25, 0.3) is 0 Å². The second kappa shape index (κ2) is 7.96. The van der Waals surface area contributed by atoms with Crippen LogP contribution in [0.5, 0.6) is 11.5 Å². The number of carbonyl (C=O) groups is 2. The molecule has 0 bridgehead atoms. The maximum atomic E-state index is 10.3. The lowest BCUT2D eigenvalue weighted by atomic mass is 10.1. The summed E-state index contributed by atoms with van der Waals surface area (Å²) in [5.74, 6) is 0.377. The second-order valence-electron chi connectivity index (χ2n) is 3.82. The average Bonchev–Trinajstić information content (AvgIpc) is 2.49. The predicted molar refractivity (Wildman–Crippen MR) is 76.5 cm³/mol. The highest BCUT2D eigenvalue weighted by Crippen LogP contribution is 2.17. The molecular weight excluding hydrogens is 280 g/mol. The summed E-state index contributed by atoms with van der Waals surface area (Å²) in [6, 6.07) is 11.1. The van der Waals surface area contributed by atoms with E-state index < -0.39 is 0 Å². The maximum Gasteiger partial charge on any atom is 0.153 e. The van der Waals surface area contributed by atoms with Gasteiger partial charge in [0.05, 0.1) is 11.1 Å². The zero-order valence-electron chi connectivity index (χ0n) is 10.5. The Balaban J connectivity index is 0.000000204. The number of carbonyl (C=O) groups excluding carboxylic acids is 2. The summed E-state index contributed by atoms with van der Waals surface area (Å²) >= 11 is 5.51. The molecule has 2 aromatic rings. The van der Waals surface area contributed by atoms with Crippen LogP contribution in [0, 0.1) is 0 Å². The van der Waals surface area contributed by atoms with Crippen molar-refractivity contribution in [2.45, 2.75) is 5.88 Å². The van der Waals surface area contributed by atoms with Crippen LogP contribution in [-0.2, 0) is 5.88 Å². The molecule has 0 aliphatic rings. The Morgan fingerprint density at radius 2 is 1.50 bits per heavy atom. The molecule has 0 saturated carbocycles. The Morgan fingerprint density at radius 1 is 0.900 bits per heavy atom. The first kappa shape index (κ1) is 15.7. The van der Waals surface area contributed by atoms with Crippen molar-refractivity contribution in [3.63, 3.8) is 0 Å². The minimum absolute atomic E-state index is 0.00568. The monoisotopic (exact) mass is 292 g/mol. The molecule has 0 unspecified atom stereocenters. The van der Waals surface area contributed by atoms with Gasteiger partial charge in [-0.15, -0.1) is 11.6 Å². The highest BCUT2D eigenvalue weighted by Gasteiger charge is 1.99. The van der Waals surface area contributed by atoms with E-state index in [1.54, 1.807) is 30.3 Å². The number of hydrogen-bond acceptors (Lipinski definition) is 4. The molecule has 0 aromatic heterocycles. The van der Waals surface area contributed by atoms with Crippen molar-refractivity contribution < 1.29 is 19.8 Å². The number of aldehydes is 2. The number of para-hydroxylation sites is 1. The minimum atomic E-state index is -0.00568. The number of alkyl halides is 1. The van der Waals surface area contributed by atoms with E-state index in [1.165, 1.54) is 12.1 Å². The molecule has 2 N–H and O–H groups in total. The zero-order chi connectivity index (χ0) is 15.0. The molecule has 5 heteroatoms. The van der Waals surface area contributed by atoms with Gasteiger partial charge in [0.25, 0.3) is 0 Å². The largest absolute Gasteiger partial charge is 0.507 e. The topological polar surface area (TPSA) is 74.6 Å². The molecule has 4 nitrogen and oxygen atoms in total. The molecule has 104 valence electrons. The first-order valence-corrected chi connectivity index (χ1v) is 6.22. The van der Waals surface area contributed by atoms with Gasteiger partial charge in [-0.1, -0.05) is 18.2 Å². The van der Waals surface area contributed by atoms with Gasteiger partial charge in [-0.25, -0.2) is 0 Å². The molecule has 0 aliphatic carbocycles. The van der Waals surface area contributed by atoms with Crippen molar-refractivity contribution in [2.75, 3.05) is 0 Å². The summed E-state index contributed by atoms with van der Waals surface area (Å²) < 4.78 is 0. The van der Waals surface area contributed by atoms with Gasteiger partial charge in [-0.2, -0.15) is 0 Å². The fourth-order valence-corrected chi connectivity index (χ4v) is 1.53. The lowest BCUT2D eigenvalue weighted by Gasteiger charge is -1.98. The Labute approximate surface area is 121 Å². The third-order valence-electron chi connectivity index (χ3n) is 2.44. The van der Waals surface area contributed by atoms with Gasteiger partial charge in [0.2, 0.25) is 0 Å². The zero-order valence-corrected chi connectivity index (χ0v) is 11.2. The van der Waals surface area contributed by atoms with E-state index in [1.807, 2.05) is 0 Å². The number of phenolic OH excluding ortho intramolecular Hbond substituents is 2. The van der Waals surface area contributed by atoms with Crippen LogP contribution in [0.15, 0.2) is 42.5 Å². The van der Waals surface area contributed by atoms with Crippen LogP contribution in [-0.4, -0.2) is 22.8 Å². The molecule has 0 radical (unpaired) electrons. The molecule has 2 rings (SSSR count). The predicted octanol–water partition coefficient (Wildman–Crippen LogP) is 3.15. The summed E-state index contributed by atoms with van der Waals surface area (Å²) in [6.07, 6.45) is 1.22.